The Morgan fingerprint density at radius 2 is 1.35 bits per heavy atom. The molecule has 0 bridgehead atoms. The molecule has 0 aromatic heterocycles. The summed E-state index contributed by atoms with van der Waals surface area (Å²) in [5.74, 6) is 0.836. The standard InChI is InChI=1S/C29H23NO/c1-21-13-16-25(17-14-21)30-19-28-27-12-5-3-8-23(27)15-18-29(28)31-20-24-10-6-9-22-7-2-4-11-26(22)24/h2-19H,20H2,1H3. The second kappa shape index (κ2) is 8.45. The third-order valence-corrected chi connectivity index (χ3v) is 5.57. The SMILES string of the molecule is Cc1ccc(N=Cc2c(OCc3cccc4ccccc34)ccc3ccccc23)cc1. The summed E-state index contributed by atoms with van der Waals surface area (Å²) in [6, 6.07) is 35.5. The molecule has 0 saturated carbocycles. The first-order valence-electron chi connectivity index (χ1n) is 10.5. The molecule has 31 heavy (non-hydrogen) atoms. The molecule has 0 spiro atoms. The minimum Gasteiger partial charge on any atom is -0.488 e. The predicted octanol–water partition coefficient (Wildman–Crippen LogP) is 7.63. The van der Waals surface area contributed by atoms with E-state index >= 15 is 0 Å². The molecule has 0 aliphatic carbocycles. The van der Waals surface area contributed by atoms with Gasteiger partial charge >= 0.3 is 0 Å². The van der Waals surface area contributed by atoms with Crippen LogP contribution in [0.3, 0.4) is 0 Å². The van der Waals surface area contributed by atoms with Gasteiger partial charge in [0.1, 0.15) is 12.4 Å². The van der Waals surface area contributed by atoms with Crippen molar-refractivity contribution in [3.63, 3.8) is 0 Å². The van der Waals surface area contributed by atoms with Crippen molar-refractivity contribution in [1.29, 1.82) is 0 Å². The number of nitrogens with zero attached hydrogens (tertiary/aromatic N) is 1. The van der Waals surface area contributed by atoms with Gasteiger partial charge in [-0.25, -0.2) is 0 Å². The van der Waals surface area contributed by atoms with E-state index in [0.29, 0.717) is 6.61 Å². The zero-order valence-corrected chi connectivity index (χ0v) is 17.5. The number of hydrogen-bond acceptors (Lipinski definition) is 2. The molecule has 0 saturated heterocycles. The fraction of sp³-hybridized carbons (Fsp3) is 0.0690. The molecule has 0 unspecified atom stereocenters. The number of ether oxygens (including phenoxy) is 1. The van der Waals surface area contributed by atoms with Crippen molar-refractivity contribution in [2.24, 2.45) is 4.99 Å². The van der Waals surface area contributed by atoms with Crippen LogP contribution in [0.1, 0.15) is 16.7 Å². The van der Waals surface area contributed by atoms with Gasteiger partial charge in [-0.1, -0.05) is 90.5 Å². The highest BCUT2D eigenvalue weighted by atomic mass is 16.5. The van der Waals surface area contributed by atoms with E-state index in [-0.39, 0.29) is 0 Å². The largest absolute Gasteiger partial charge is 0.488 e. The summed E-state index contributed by atoms with van der Waals surface area (Å²) in [6.07, 6.45) is 1.92. The molecule has 0 heterocycles. The first-order valence-corrected chi connectivity index (χ1v) is 10.5. The summed E-state index contributed by atoms with van der Waals surface area (Å²) < 4.78 is 6.36. The second-order valence-corrected chi connectivity index (χ2v) is 7.72. The van der Waals surface area contributed by atoms with Crippen molar-refractivity contribution in [1.82, 2.24) is 0 Å². The quantitative estimate of drug-likeness (QED) is 0.277. The summed E-state index contributed by atoms with van der Waals surface area (Å²) in [7, 11) is 0. The Balaban J connectivity index is 1.52. The van der Waals surface area contributed by atoms with Crippen LogP contribution in [0.5, 0.6) is 5.75 Å². The van der Waals surface area contributed by atoms with Gasteiger partial charge in [0.15, 0.2) is 0 Å². The number of aryl methyl sites for hydroxylation is 1. The summed E-state index contributed by atoms with van der Waals surface area (Å²) >= 11 is 0. The maximum atomic E-state index is 6.36. The minimum absolute atomic E-state index is 0.505. The van der Waals surface area contributed by atoms with Crippen LogP contribution in [0.15, 0.2) is 108 Å². The lowest BCUT2D eigenvalue weighted by atomic mass is 10.0. The molecule has 0 aliphatic rings. The van der Waals surface area contributed by atoms with Crippen molar-refractivity contribution in [3.05, 3.63) is 120 Å². The van der Waals surface area contributed by atoms with Gasteiger partial charge < -0.3 is 4.74 Å². The molecule has 0 fully saturated rings. The van der Waals surface area contributed by atoms with Gasteiger partial charge in [0.2, 0.25) is 0 Å². The van der Waals surface area contributed by atoms with E-state index in [0.717, 1.165) is 22.4 Å². The fourth-order valence-corrected chi connectivity index (χ4v) is 3.88. The molecule has 5 rings (SSSR count). The third-order valence-electron chi connectivity index (χ3n) is 5.57. The van der Waals surface area contributed by atoms with Crippen molar-refractivity contribution >= 4 is 33.4 Å². The van der Waals surface area contributed by atoms with E-state index in [2.05, 4.69) is 91.9 Å². The lowest BCUT2D eigenvalue weighted by Crippen LogP contribution is -2.00. The number of rotatable bonds is 5. The van der Waals surface area contributed by atoms with Gasteiger partial charge in [0.25, 0.3) is 0 Å². The number of fused-ring (bicyclic) bond motifs is 2. The van der Waals surface area contributed by atoms with Gasteiger partial charge in [0.05, 0.1) is 5.69 Å². The first kappa shape index (κ1) is 19.1. The van der Waals surface area contributed by atoms with E-state index in [1.807, 2.05) is 24.4 Å². The predicted molar refractivity (Wildman–Crippen MR) is 131 cm³/mol. The van der Waals surface area contributed by atoms with Gasteiger partial charge in [-0.2, -0.15) is 0 Å². The maximum absolute atomic E-state index is 6.36. The van der Waals surface area contributed by atoms with Crippen molar-refractivity contribution in [2.75, 3.05) is 0 Å². The highest BCUT2D eigenvalue weighted by molar-refractivity contribution is 6.03. The van der Waals surface area contributed by atoms with Gasteiger partial charge in [-0.05, 0) is 52.2 Å². The third kappa shape index (κ3) is 4.06. The fourth-order valence-electron chi connectivity index (χ4n) is 3.88. The maximum Gasteiger partial charge on any atom is 0.129 e. The average Bonchev–Trinajstić information content (AvgIpc) is 2.82. The van der Waals surface area contributed by atoms with Gasteiger partial charge in [-0.15, -0.1) is 0 Å². The molecule has 2 nitrogen and oxygen atoms in total. The Bertz CT molecular complexity index is 1380. The molecular weight excluding hydrogens is 378 g/mol. The zero-order chi connectivity index (χ0) is 21.0. The smallest absolute Gasteiger partial charge is 0.129 e. The summed E-state index contributed by atoms with van der Waals surface area (Å²) in [5.41, 5.74) is 4.33. The highest BCUT2D eigenvalue weighted by Gasteiger charge is 2.09. The molecule has 5 aromatic carbocycles. The van der Waals surface area contributed by atoms with Crippen molar-refractivity contribution in [2.45, 2.75) is 13.5 Å². The molecule has 150 valence electrons. The minimum atomic E-state index is 0.505. The Kier molecular flexibility index (Phi) is 5.20. The van der Waals surface area contributed by atoms with Crippen molar-refractivity contribution < 1.29 is 4.74 Å². The average molecular weight is 402 g/mol. The van der Waals surface area contributed by atoms with E-state index < -0.39 is 0 Å². The van der Waals surface area contributed by atoms with Gasteiger partial charge in [-0.3, -0.25) is 4.99 Å². The molecule has 0 atom stereocenters. The number of benzene rings is 5. The molecule has 2 heteroatoms. The Labute approximate surface area is 182 Å². The van der Waals surface area contributed by atoms with Crippen LogP contribution in [-0.4, -0.2) is 6.21 Å². The van der Waals surface area contributed by atoms with E-state index in [9.17, 15) is 0 Å². The lowest BCUT2D eigenvalue weighted by molar-refractivity contribution is 0.307. The highest BCUT2D eigenvalue weighted by Crippen LogP contribution is 2.29. The van der Waals surface area contributed by atoms with Crippen LogP contribution in [0.2, 0.25) is 0 Å². The van der Waals surface area contributed by atoms with Crippen molar-refractivity contribution in [3.8, 4) is 5.75 Å². The first-order chi connectivity index (χ1) is 15.3. The Morgan fingerprint density at radius 3 is 2.16 bits per heavy atom. The second-order valence-electron chi connectivity index (χ2n) is 7.72. The van der Waals surface area contributed by atoms with Gasteiger partial charge in [0, 0.05) is 11.8 Å². The number of aliphatic imine (C=N–C) groups is 1. The number of hydrogen-bond donors (Lipinski definition) is 0. The molecular formula is C29H23NO. The summed E-state index contributed by atoms with van der Waals surface area (Å²) in [6.45, 7) is 2.59. The molecule has 5 aromatic rings. The van der Waals surface area contributed by atoms with E-state index in [1.54, 1.807) is 0 Å². The van der Waals surface area contributed by atoms with Crippen LogP contribution >= 0.6 is 0 Å². The topological polar surface area (TPSA) is 21.6 Å². The van der Waals surface area contributed by atoms with Crippen LogP contribution in [-0.2, 0) is 6.61 Å². The molecule has 0 aliphatic heterocycles. The molecule has 0 radical (unpaired) electrons. The summed E-state index contributed by atoms with van der Waals surface area (Å²) in [4.78, 5) is 4.73. The van der Waals surface area contributed by atoms with E-state index in [1.165, 1.54) is 27.3 Å². The molecule has 0 amide bonds. The Hall–Kier alpha value is -3.91. The summed E-state index contributed by atoms with van der Waals surface area (Å²) in [5, 5.41) is 4.75. The normalized spacial score (nSPS) is 11.4. The van der Waals surface area contributed by atoms with Crippen LogP contribution in [0, 0.1) is 6.92 Å². The molecule has 0 N–H and O–H groups in total. The Morgan fingerprint density at radius 1 is 0.677 bits per heavy atom. The monoisotopic (exact) mass is 401 g/mol. The van der Waals surface area contributed by atoms with Crippen LogP contribution < -0.4 is 4.74 Å². The van der Waals surface area contributed by atoms with Crippen LogP contribution in [0.4, 0.5) is 5.69 Å². The lowest BCUT2D eigenvalue weighted by Gasteiger charge is -2.13. The van der Waals surface area contributed by atoms with Crippen LogP contribution in [0.25, 0.3) is 21.5 Å². The zero-order valence-electron chi connectivity index (χ0n) is 17.5. The van der Waals surface area contributed by atoms with E-state index in [4.69, 9.17) is 9.73 Å².